The number of aliphatic imine (C=N–C) groups is 1. The number of hydrogen-bond donors (Lipinski definition) is 1. The Morgan fingerprint density at radius 1 is 1.14 bits per heavy atom. The molecule has 110 valence electrons. The molecule has 2 nitrogen and oxygen atoms in total. The van der Waals surface area contributed by atoms with E-state index in [4.69, 9.17) is 4.99 Å². The Morgan fingerprint density at radius 2 is 1.90 bits per heavy atom. The summed E-state index contributed by atoms with van der Waals surface area (Å²) in [5.74, 6) is 0.322. The second-order valence-corrected chi connectivity index (χ2v) is 5.82. The van der Waals surface area contributed by atoms with Crippen LogP contribution in [0.4, 0.5) is 5.69 Å². The Morgan fingerprint density at radius 3 is 2.62 bits per heavy atom. The predicted molar refractivity (Wildman–Crippen MR) is 104 cm³/mol. The van der Waals surface area contributed by atoms with Crippen LogP contribution in [0.1, 0.15) is 22.6 Å². The third-order valence-corrected chi connectivity index (χ3v) is 4.25. The van der Waals surface area contributed by atoms with Crippen LogP contribution in [0, 0.1) is 6.92 Å². The maximum Gasteiger partial charge on any atom is 0.160 e. The van der Waals surface area contributed by atoms with Gasteiger partial charge in [0.2, 0.25) is 0 Å². The van der Waals surface area contributed by atoms with Crippen molar-refractivity contribution in [1.29, 1.82) is 0 Å². The number of anilines is 1. The van der Waals surface area contributed by atoms with E-state index in [1.54, 1.807) is 11.8 Å². The summed E-state index contributed by atoms with van der Waals surface area (Å²) >= 11 is 1.66. The molecule has 0 bridgehead atoms. The van der Waals surface area contributed by atoms with Gasteiger partial charge < -0.3 is 5.32 Å². The molecule has 1 N–H and O–H groups in total. The molecular weight excluding hydrogens is 391 g/mol. The number of thioether (sulfide) groups is 1. The maximum atomic E-state index is 4.71. The van der Waals surface area contributed by atoms with Gasteiger partial charge in [0, 0.05) is 11.6 Å². The van der Waals surface area contributed by atoms with Crippen molar-refractivity contribution in [2.24, 2.45) is 4.99 Å². The molecule has 0 radical (unpaired) electrons. The van der Waals surface area contributed by atoms with Gasteiger partial charge in [-0.3, -0.25) is 4.99 Å². The van der Waals surface area contributed by atoms with Gasteiger partial charge in [-0.25, -0.2) is 0 Å². The van der Waals surface area contributed by atoms with Crippen LogP contribution in [0.15, 0.2) is 53.5 Å². The van der Waals surface area contributed by atoms with E-state index in [0.717, 1.165) is 11.7 Å². The minimum atomic E-state index is 0. The predicted octanol–water partition coefficient (Wildman–Crippen LogP) is 4.89. The second-order valence-electron chi connectivity index (χ2n) is 5.03. The molecule has 2 aromatic rings. The van der Waals surface area contributed by atoms with E-state index in [2.05, 4.69) is 67.0 Å². The minimum absolute atomic E-state index is 0. The van der Waals surface area contributed by atoms with Gasteiger partial charge >= 0.3 is 0 Å². The van der Waals surface area contributed by atoms with Gasteiger partial charge in [0.15, 0.2) is 5.17 Å². The maximum absolute atomic E-state index is 4.71. The summed E-state index contributed by atoms with van der Waals surface area (Å²) in [6, 6.07) is 17.2. The Kier molecular flexibility index (Phi) is 5.70. The summed E-state index contributed by atoms with van der Waals surface area (Å²) in [5.41, 5.74) is 5.13. The molecule has 0 saturated heterocycles. The Hall–Kier alpha value is -1.01. The van der Waals surface area contributed by atoms with Crippen LogP contribution in [0.2, 0.25) is 0 Å². The first-order chi connectivity index (χ1) is 9.78. The molecule has 0 amide bonds. The van der Waals surface area contributed by atoms with Crippen LogP contribution >= 0.6 is 35.7 Å². The molecule has 1 heterocycles. The molecule has 0 saturated carbocycles. The molecule has 1 aliphatic rings. The van der Waals surface area contributed by atoms with Gasteiger partial charge in [0.05, 0.1) is 6.54 Å². The van der Waals surface area contributed by atoms with E-state index in [1.165, 1.54) is 22.4 Å². The zero-order chi connectivity index (χ0) is 13.9. The third kappa shape index (κ3) is 3.61. The second kappa shape index (κ2) is 7.31. The number of nitrogens with zero attached hydrogens (tertiary/aromatic N) is 1. The van der Waals surface area contributed by atoms with Crippen molar-refractivity contribution in [2.45, 2.75) is 12.8 Å². The lowest BCUT2D eigenvalue weighted by atomic mass is 9.89. The molecule has 3 rings (SSSR count). The van der Waals surface area contributed by atoms with E-state index in [9.17, 15) is 0 Å². The Balaban J connectivity index is 0.00000161. The Bertz CT molecular complexity index is 640. The fraction of sp³-hybridized carbons (Fsp3) is 0.235. The van der Waals surface area contributed by atoms with Crippen molar-refractivity contribution in [2.75, 3.05) is 18.1 Å². The molecule has 1 atom stereocenters. The van der Waals surface area contributed by atoms with Gasteiger partial charge in [-0.2, -0.15) is 0 Å². The SMILES string of the molecule is CSC1=NCC(c2ccccc2)c2cc(C)ccc2N1.I. The fourth-order valence-electron chi connectivity index (χ4n) is 2.60. The van der Waals surface area contributed by atoms with E-state index in [-0.39, 0.29) is 24.0 Å². The summed E-state index contributed by atoms with van der Waals surface area (Å²) in [6.45, 7) is 2.94. The van der Waals surface area contributed by atoms with E-state index >= 15 is 0 Å². The summed E-state index contributed by atoms with van der Waals surface area (Å²) in [7, 11) is 0. The number of aryl methyl sites for hydroxylation is 1. The number of hydrogen-bond acceptors (Lipinski definition) is 3. The molecule has 0 aromatic heterocycles. The number of nitrogens with one attached hydrogen (secondary N) is 1. The molecule has 4 heteroatoms. The molecule has 0 aliphatic carbocycles. The number of fused-ring (bicyclic) bond motifs is 1. The van der Waals surface area contributed by atoms with E-state index < -0.39 is 0 Å². The number of amidine groups is 1. The highest BCUT2D eigenvalue weighted by atomic mass is 127. The molecule has 1 unspecified atom stereocenters. The summed E-state index contributed by atoms with van der Waals surface area (Å²) in [6.07, 6.45) is 2.06. The summed E-state index contributed by atoms with van der Waals surface area (Å²) in [4.78, 5) is 4.71. The molecule has 0 fully saturated rings. The van der Waals surface area contributed by atoms with Crippen molar-refractivity contribution in [1.82, 2.24) is 0 Å². The summed E-state index contributed by atoms with van der Waals surface area (Å²) in [5, 5.41) is 4.44. The number of benzene rings is 2. The summed E-state index contributed by atoms with van der Waals surface area (Å²) < 4.78 is 0. The quantitative estimate of drug-likeness (QED) is 0.678. The zero-order valence-corrected chi connectivity index (χ0v) is 15.3. The highest BCUT2D eigenvalue weighted by Gasteiger charge is 2.21. The van der Waals surface area contributed by atoms with Crippen molar-refractivity contribution in [3.8, 4) is 0 Å². The molecule has 2 aromatic carbocycles. The van der Waals surface area contributed by atoms with Gasteiger partial charge in [0.1, 0.15) is 0 Å². The van der Waals surface area contributed by atoms with Crippen LogP contribution < -0.4 is 5.32 Å². The van der Waals surface area contributed by atoms with Crippen LogP contribution in [0.25, 0.3) is 0 Å². The van der Waals surface area contributed by atoms with Gasteiger partial charge in [-0.15, -0.1) is 24.0 Å². The first-order valence-corrected chi connectivity index (χ1v) is 8.01. The van der Waals surface area contributed by atoms with Crippen molar-refractivity contribution >= 4 is 46.6 Å². The van der Waals surface area contributed by atoms with Gasteiger partial charge in [-0.1, -0.05) is 59.8 Å². The number of halogens is 1. The number of rotatable bonds is 1. The fourth-order valence-corrected chi connectivity index (χ4v) is 3.01. The smallest absolute Gasteiger partial charge is 0.160 e. The zero-order valence-electron chi connectivity index (χ0n) is 12.2. The average Bonchev–Trinajstić information content (AvgIpc) is 2.67. The Labute approximate surface area is 147 Å². The lowest BCUT2D eigenvalue weighted by Crippen LogP contribution is -2.07. The average molecular weight is 410 g/mol. The molecule has 0 spiro atoms. The highest BCUT2D eigenvalue weighted by molar-refractivity contribution is 14.0. The van der Waals surface area contributed by atoms with Crippen LogP contribution in [0.5, 0.6) is 0 Å². The van der Waals surface area contributed by atoms with E-state index in [1.807, 2.05) is 0 Å². The third-order valence-electron chi connectivity index (χ3n) is 3.64. The molecule has 21 heavy (non-hydrogen) atoms. The van der Waals surface area contributed by atoms with Crippen LogP contribution in [-0.2, 0) is 0 Å². The van der Waals surface area contributed by atoms with Crippen molar-refractivity contribution in [3.63, 3.8) is 0 Å². The highest BCUT2D eigenvalue weighted by Crippen LogP contribution is 2.34. The van der Waals surface area contributed by atoms with Crippen LogP contribution in [0.3, 0.4) is 0 Å². The standard InChI is InChI=1S/C17H18N2S.HI/c1-12-8-9-16-14(10-12)15(11-18-17(19-16)20-2)13-6-4-3-5-7-13;/h3-10,15H,11H2,1-2H3,(H,18,19);1H. The monoisotopic (exact) mass is 410 g/mol. The molecular formula is C17H19IN2S. The topological polar surface area (TPSA) is 24.4 Å². The van der Waals surface area contributed by atoms with Gasteiger partial charge in [-0.05, 0) is 30.4 Å². The molecule has 1 aliphatic heterocycles. The first-order valence-electron chi connectivity index (χ1n) is 6.79. The lowest BCUT2D eigenvalue weighted by molar-refractivity contribution is 0.829. The normalized spacial score (nSPS) is 16.9. The van der Waals surface area contributed by atoms with Crippen molar-refractivity contribution < 1.29 is 0 Å². The minimum Gasteiger partial charge on any atom is -0.335 e. The van der Waals surface area contributed by atoms with E-state index in [0.29, 0.717) is 5.92 Å². The first kappa shape index (κ1) is 16.4. The van der Waals surface area contributed by atoms with Crippen molar-refractivity contribution in [3.05, 3.63) is 65.2 Å². The van der Waals surface area contributed by atoms with Gasteiger partial charge in [0.25, 0.3) is 0 Å². The van der Waals surface area contributed by atoms with Crippen LogP contribution in [-0.4, -0.2) is 18.0 Å². The lowest BCUT2D eigenvalue weighted by Gasteiger charge is -2.17. The largest absolute Gasteiger partial charge is 0.335 e.